The average Bonchev–Trinajstić information content (AvgIpc) is 2.62. The fourth-order valence-electron chi connectivity index (χ4n) is 1.52. The van der Waals surface area contributed by atoms with Crippen molar-refractivity contribution >= 4 is 11.9 Å². The van der Waals surface area contributed by atoms with Crippen LogP contribution < -0.4 is 5.73 Å². The molecule has 0 aliphatic carbocycles. The number of nitrogens with zero attached hydrogens (tertiary/aromatic N) is 1. The Balaban J connectivity index is 2.53. The molecule has 14 heavy (non-hydrogen) atoms. The summed E-state index contributed by atoms with van der Waals surface area (Å²) < 4.78 is 4.87. The monoisotopic (exact) mass is 197 g/mol. The van der Waals surface area contributed by atoms with Crippen LogP contribution in [0.1, 0.15) is 12.8 Å². The summed E-state index contributed by atoms with van der Waals surface area (Å²) in [5.74, 6) is 0.0260. The standard InChI is InChI=1S/C9H15N3O2/c1-2-6-14-9(13)12-5-3-4-7(12)8(10)11/h2,7H,1,3-6H2,(H3,10,11). The highest BCUT2D eigenvalue weighted by Crippen LogP contribution is 2.17. The molecule has 1 heterocycles. The van der Waals surface area contributed by atoms with Gasteiger partial charge in [0.2, 0.25) is 0 Å². The number of hydrogen-bond donors (Lipinski definition) is 2. The summed E-state index contributed by atoms with van der Waals surface area (Å²) in [5, 5.41) is 7.30. The number of likely N-dealkylation sites (tertiary alicyclic amines) is 1. The first-order valence-electron chi connectivity index (χ1n) is 4.55. The van der Waals surface area contributed by atoms with E-state index in [9.17, 15) is 4.79 Å². The Labute approximate surface area is 83.0 Å². The van der Waals surface area contributed by atoms with Crippen LogP contribution in [0.3, 0.4) is 0 Å². The summed E-state index contributed by atoms with van der Waals surface area (Å²) in [6.07, 6.45) is 2.71. The molecule has 5 nitrogen and oxygen atoms in total. The summed E-state index contributed by atoms with van der Waals surface area (Å²) in [6, 6.07) is -0.285. The van der Waals surface area contributed by atoms with Gasteiger partial charge in [0, 0.05) is 6.54 Å². The third-order valence-corrected chi connectivity index (χ3v) is 2.17. The molecule has 1 unspecified atom stereocenters. The van der Waals surface area contributed by atoms with E-state index < -0.39 is 6.09 Å². The molecule has 0 aromatic heterocycles. The van der Waals surface area contributed by atoms with E-state index in [1.165, 1.54) is 11.0 Å². The van der Waals surface area contributed by atoms with E-state index in [0.717, 1.165) is 12.8 Å². The van der Waals surface area contributed by atoms with Gasteiger partial charge in [-0.3, -0.25) is 10.3 Å². The van der Waals surface area contributed by atoms with Crippen molar-refractivity contribution in [3.05, 3.63) is 12.7 Å². The quantitative estimate of drug-likeness (QED) is 0.397. The predicted octanol–water partition coefficient (Wildman–Crippen LogP) is 0.709. The van der Waals surface area contributed by atoms with Crippen LogP contribution in [0.15, 0.2) is 12.7 Å². The number of carbonyl (C=O) groups excluding carboxylic acids is 1. The van der Waals surface area contributed by atoms with Gasteiger partial charge < -0.3 is 10.5 Å². The second-order valence-corrected chi connectivity index (χ2v) is 3.17. The van der Waals surface area contributed by atoms with Crippen molar-refractivity contribution in [2.24, 2.45) is 5.73 Å². The van der Waals surface area contributed by atoms with Crippen molar-refractivity contribution in [2.75, 3.05) is 13.2 Å². The maximum absolute atomic E-state index is 11.4. The minimum Gasteiger partial charge on any atom is -0.445 e. The van der Waals surface area contributed by atoms with E-state index in [2.05, 4.69) is 6.58 Å². The van der Waals surface area contributed by atoms with Crippen LogP contribution >= 0.6 is 0 Å². The van der Waals surface area contributed by atoms with Gasteiger partial charge in [0.15, 0.2) is 0 Å². The van der Waals surface area contributed by atoms with Gasteiger partial charge in [-0.05, 0) is 12.8 Å². The van der Waals surface area contributed by atoms with Crippen molar-refractivity contribution < 1.29 is 9.53 Å². The van der Waals surface area contributed by atoms with Gasteiger partial charge in [0.25, 0.3) is 0 Å². The maximum atomic E-state index is 11.4. The smallest absolute Gasteiger partial charge is 0.410 e. The summed E-state index contributed by atoms with van der Waals surface area (Å²) in [5.41, 5.74) is 5.37. The molecular formula is C9H15N3O2. The number of hydrogen-bond acceptors (Lipinski definition) is 3. The molecule has 0 spiro atoms. The topological polar surface area (TPSA) is 79.4 Å². The Morgan fingerprint density at radius 3 is 3.07 bits per heavy atom. The van der Waals surface area contributed by atoms with Crippen LogP contribution in [0.4, 0.5) is 4.79 Å². The molecule has 0 aromatic rings. The predicted molar refractivity (Wildman–Crippen MR) is 53.2 cm³/mol. The van der Waals surface area contributed by atoms with Crippen molar-refractivity contribution in [3.8, 4) is 0 Å². The molecular weight excluding hydrogens is 182 g/mol. The van der Waals surface area contributed by atoms with E-state index in [-0.39, 0.29) is 18.5 Å². The Kier molecular flexibility index (Phi) is 3.50. The lowest BCUT2D eigenvalue weighted by Crippen LogP contribution is -2.43. The molecule has 0 aromatic carbocycles. The maximum Gasteiger partial charge on any atom is 0.410 e. The van der Waals surface area contributed by atoms with E-state index in [4.69, 9.17) is 15.9 Å². The number of ether oxygens (including phenoxy) is 1. The van der Waals surface area contributed by atoms with E-state index in [0.29, 0.717) is 6.54 Å². The van der Waals surface area contributed by atoms with Gasteiger partial charge in [-0.1, -0.05) is 12.7 Å². The second-order valence-electron chi connectivity index (χ2n) is 3.17. The van der Waals surface area contributed by atoms with Gasteiger partial charge in [-0.15, -0.1) is 0 Å². The number of amidine groups is 1. The highest BCUT2D eigenvalue weighted by Gasteiger charge is 2.31. The molecule has 3 N–H and O–H groups in total. The molecule has 0 bridgehead atoms. The van der Waals surface area contributed by atoms with E-state index in [1.807, 2.05) is 0 Å². The van der Waals surface area contributed by atoms with Crippen LogP contribution in [0.5, 0.6) is 0 Å². The number of nitrogens with two attached hydrogens (primary N) is 1. The van der Waals surface area contributed by atoms with Gasteiger partial charge in [-0.2, -0.15) is 0 Å². The Morgan fingerprint density at radius 1 is 1.79 bits per heavy atom. The van der Waals surface area contributed by atoms with Gasteiger partial charge >= 0.3 is 6.09 Å². The minimum atomic E-state index is -0.414. The first-order chi connectivity index (χ1) is 6.66. The molecule has 1 saturated heterocycles. The van der Waals surface area contributed by atoms with Gasteiger partial charge in [-0.25, -0.2) is 4.79 Å². The van der Waals surface area contributed by atoms with Crippen molar-refractivity contribution in [3.63, 3.8) is 0 Å². The molecule has 5 heteroatoms. The average molecular weight is 197 g/mol. The molecule has 1 fully saturated rings. The SMILES string of the molecule is C=CCOC(=O)N1CCCC1C(=N)N. The molecule has 78 valence electrons. The summed E-state index contributed by atoms with van der Waals surface area (Å²) in [7, 11) is 0. The summed E-state index contributed by atoms with van der Waals surface area (Å²) in [4.78, 5) is 12.9. The zero-order valence-electron chi connectivity index (χ0n) is 8.03. The number of nitrogens with one attached hydrogen (secondary N) is 1. The largest absolute Gasteiger partial charge is 0.445 e. The molecule has 0 radical (unpaired) electrons. The second kappa shape index (κ2) is 4.64. The Hall–Kier alpha value is -1.52. The molecule has 1 aliphatic rings. The van der Waals surface area contributed by atoms with E-state index in [1.54, 1.807) is 0 Å². The molecule has 0 saturated carbocycles. The van der Waals surface area contributed by atoms with Crippen molar-refractivity contribution in [2.45, 2.75) is 18.9 Å². The number of amides is 1. The minimum absolute atomic E-state index is 0.0260. The van der Waals surface area contributed by atoms with Crippen LogP contribution in [-0.2, 0) is 4.74 Å². The lowest BCUT2D eigenvalue weighted by molar-refractivity contribution is 0.115. The first-order valence-corrected chi connectivity index (χ1v) is 4.55. The summed E-state index contributed by atoms with van der Waals surface area (Å²) >= 11 is 0. The highest BCUT2D eigenvalue weighted by atomic mass is 16.6. The van der Waals surface area contributed by atoms with Crippen LogP contribution in [0.2, 0.25) is 0 Å². The van der Waals surface area contributed by atoms with Crippen molar-refractivity contribution in [1.29, 1.82) is 5.41 Å². The zero-order valence-corrected chi connectivity index (χ0v) is 8.03. The Morgan fingerprint density at radius 2 is 2.50 bits per heavy atom. The fourth-order valence-corrected chi connectivity index (χ4v) is 1.52. The van der Waals surface area contributed by atoms with E-state index >= 15 is 0 Å². The van der Waals surface area contributed by atoms with Crippen LogP contribution in [0, 0.1) is 5.41 Å². The highest BCUT2D eigenvalue weighted by molar-refractivity contribution is 5.86. The van der Waals surface area contributed by atoms with Crippen LogP contribution in [0.25, 0.3) is 0 Å². The molecule has 1 rings (SSSR count). The van der Waals surface area contributed by atoms with Crippen LogP contribution in [-0.4, -0.2) is 36.0 Å². The summed E-state index contributed by atoms with van der Waals surface area (Å²) in [6.45, 7) is 4.26. The fraction of sp³-hybridized carbons (Fsp3) is 0.556. The third kappa shape index (κ3) is 2.25. The van der Waals surface area contributed by atoms with Gasteiger partial charge in [0.1, 0.15) is 12.4 Å². The molecule has 1 amide bonds. The molecule has 1 atom stereocenters. The van der Waals surface area contributed by atoms with Crippen molar-refractivity contribution in [1.82, 2.24) is 4.90 Å². The third-order valence-electron chi connectivity index (χ3n) is 2.17. The number of carbonyl (C=O) groups is 1. The normalized spacial score (nSPS) is 20.6. The lowest BCUT2D eigenvalue weighted by Gasteiger charge is -2.22. The first kappa shape index (κ1) is 10.6. The zero-order chi connectivity index (χ0) is 10.6. The molecule has 1 aliphatic heterocycles. The lowest BCUT2D eigenvalue weighted by atomic mass is 10.2. The number of rotatable bonds is 3. The van der Waals surface area contributed by atoms with Gasteiger partial charge in [0.05, 0.1) is 6.04 Å². The Bertz CT molecular complexity index is 252.